The molecule has 5 rings (SSSR count). The van der Waals surface area contributed by atoms with E-state index in [1.54, 1.807) is 0 Å². The molecule has 0 unspecified atom stereocenters. The summed E-state index contributed by atoms with van der Waals surface area (Å²) in [5, 5.41) is 12.3. The molecule has 3 nitrogen and oxygen atoms in total. The summed E-state index contributed by atoms with van der Waals surface area (Å²) in [5.74, 6) is 0.973. The summed E-state index contributed by atoms with van der Waals surface area (Å²) in [6, 6.07) is 20.0. The molecule has 1 aromatic heterocycles. The minimum atomic E-state index is -0.120. The average molecular weight is 865 g/mol. The van der Waals surface area contributed by atoms with Gasteiger partial charge in [0.25, 0.3) is 0 Å². The molecule has 0 saturated heterocycles. The van der Waals surface area contributed by atoms with Crippen LogP contribution in [-0.4, -0.2) is 15.9 Å². The van der Waals surface area contributed by atoms with Gasteiger partial charge in [-0.3, -0.25) is 9.78 Å². The van der Waals surface area contributed by atoms with Gasteiger partial charge in [0.1, 0.15) is 0 Å². The van der Waals surface area contributed by atoms with E-state index in [2.05, 4.69) is 111 Å². The van der Waals surface area contributed by atoms with E-state index in [4.69, 9.17) is 4.98 Å². The Bertz CT molecular complexity index is 1870. The van der Waals surface area contributed by atoms with Crippen LogP contribution < -0.4 is 0 Å². The van der Waals surface area contributed by atoms with E-state index in [0.29, 0.717) is 5.92 Å². The average Bonchev–Trinajstić information content (AvgIpc) is 3.26. The van der Waals surface area contributed by atoms with Crippen LogP contribution in [0.25, 0.3) is 33.2 Å². The SMILES string of the molecule is CCC(CC)C(=O)/C=C(\O)C(CC)CC.Cc1cc(C)c2c(C(C)C)cc(-c3nccc4c3C(C)(C)c3cc(CC(C)(C)C)ccc3-4)[c-]c2c1.[Ir]. The molecule has 0 saturated carbocycles. The van der Waals surface area contributed by atoms with Gasteiger partial charge in [-0.15, -0.1) is 29.1 Å². The number of pyridine rings is 1. The molecule has 51 heavy (non-hydrogen) atoms. The molecule has 3 aromatic carbocycles. The van der Waals surface area contributed by atoms with Crippen molar-refractivity contribution in [1.29, 1.82) is 0 Å². The molecule has 0 aliphatic heterocycles. The first-order chi connectivity index (χ1) is 23.5. The van der Waals surface area contributed by atoms with Crippen molar-refractivity contribution in [3.63, 3.8) is 0 Å². The molecule has 0 spiro atoms. The van der Waals surface area contributed by atoms with Gasteiger partial charge in [-0.05, 0) is 91.2 Å². The fraction of sp³-hybridized carbons (Fsp3) is 0.489. The van der Waals surface area contributed by atoms with Gasteiger partial charge < -0.3 is 5.11 Å². The number of aliphatic hydroxyl groups excluding tert-OH is 1. The summed E-state index contributed by atoms with van der Waals surface area (Å²) in [7, 11) is 0. The largest absolute Gasteiger partial charge is 0.512 e. The minimum absolute atomic E-state index is 0. The van der Waals surface area contributed by atoms with Crippen LogP contribution in [0.2, 0.25) is 0 Å². The van der Waals surface area contributed by atoms with Gasteiger partial charge in [0, 0.05) is 55.3 Å². The van der Waals surface area contributed by atoms with Gasteiger partial charge in [-0.25, -0.2) is 0 Å². The van der Waals surface area contributed by atoms with Crippen LogP contribution in [-0.2, 0) is 36.7 Å². The van der Waals surface area contributed by atoms with Crippen molar-refractivity contribution in [2.45, 2.75) is 133 Å². The summed E-state index contributed by atoms with van der Waals surface area (Å²) < 4.78 is 0. The molecule has 0 fully saturated rings. The Morgan fingerprint density at radius 1 is 0.902 bits per heavy atom. The predicted molar refractivity (Wildman–Crippen MR) is 214 cm³/mol. The number of carbonyl (C=O) groups is 1. The smallest absolute Gasteiger partial charge is 0.162 e. The number of aliphatic hydroxyl groups is 1. The first-order valence-electron chi connectivity index (χ1n) is 19.0. The fourth-order valence-electron chi connectivity index (χ4n) is 7.94. The van der Waals surface area contributed by atoms with Crippen molar-refractivity contribution >= 4 is 16.6 Å². The van der Waals surface area contributed by atoms with E-state index in [1.807, 2.05) is 33.9 Å². The van der Waals surface area contributed by atoms with Gasteiger partial charge >= 0.3 is 0 Å². The third-order valence-corrected chi connectivity index (χ3v) is 10.7. The topological polar surface area (TPSA) is 50.2 Å². The molecule has 1 N–H and O–H groups in total. The summed E-state index contributed by atoms with van der Waals surface area (Å²) in [5.41, 5.74) is 13.1. The molecule has 1 radical (unpaired) electrons. The molecule has 1 heterocycles. The normalized spacial score (nSPS) is 13.6. The molecule has 4 heteroatoms. The van der Waals surface area contributed by atoms with Crippen molar-refractivity contribution in [2.24, 2.45) is 17.3 Å². The van der Waals surface area contributed by atoms with E-state index in [1.165, 1.54) is 61.4 Å². The first-order valence-corrected chi connectivity index (χ1v) is 19.0. The van der Waals surface area contributed by atoms with Crippen molar-refractivity contribution in [3.05, 3.63) is 99.9 Å². The maximum absolute atomic E-state index is 11.7. The summed E-state index contributed by atoms with van der Waals surface area (Å²) >= 11 is 0. The molecule has 1 aliphatic rings. The van der Waals surface area contributed by atoms with E-state index >= 15 is 0 Å². The Kier molecular flexibility index (Phi) is 14.3. The number of rotatable bonds is 10. The minimum Gasteiger partial charge on any atom is -0.512 e. The predicted octanol–water partition coefficient (Wildman–Crippen LogP) is 13.2. The van der Waals surface area contributed by atoms with Crippen LogP contribution in [0.5, 0.6) is 0 Å². The summed E-state index contributed by atoms with van der Waals surface area (Å²) in [6.45, 7) is 28.7. The zero-order chi connectivity index (χ0) is 37.1. The Balaban J connectivity index is 0.000000374. The number of nitrogens with zero attached hydrogens (tertiary/aromatic N) is 1. The van der Waals surface area contributed by atoms with Crippen LogP contribution in [0.3, 0.4) is 0 Å². The number of ketones is 1. The molecule has 0 atom stereocenters. The fourth-order valence-corrected chi connectivity index (χ4v) is 7.94. The number of aromatic nitrogens is 1. The second-order valence-corrected chi connectivity index (χ2v) is 16.6. The Labute approximate surface area is 323 Å². The molecular formula is C47H62IrNO2-. The van der Waals surface area contributed by atoms with Crippen LogP contribution in [0.1, 0.15) is 141 Å². The zero-order valence-electron chi connectivity index (χ0n) is 33.6. The molecular weight excluding hydrogens is 803 g/mol. The number of hydrogen-bond donors (Lipinski definition) is 1. The molecule has 0 amide bonds. The number of carbonyl (C=O) groups excluding carboxylic acids is 1. The molecule has 1 aliphatic carbocycles. The third-order valence-electron chi connectivity index (χ3n) is 10.7. The Hall–Kier alpha value is -3.07. The van der Waals surface area contributed by atoms with Gasteiger partial charge in [-0.2, -0.15) is 0 Å². The van der Waals surface area contributed by atoms with Crippen molar-refractivity contribution in [1.82, 2.24) is 4.98 Å². The van der Waals surface area contributed by atoms with Crippen LogP contribution in [0.4, 0.5) is 0 Å². The van der Waals surface area contributed by atoms with Crippen LogP contribution in [0.15, 0.2) is 60.5 Å². The van der Waals surface area contributed by atoms with Crippen molar-refractivity contribution < 1.29 is 30.0 Å². The summed E-state index contributed by atoms with van der Waals surface area (Å²) in [4.78, 5) is 16.7. The maximum Gasteiger partial charge on any atom is 0.162 e. The standard InChI is InChI=1S/C34H38N.C13H24O2.Ir/c1-20(2)28-18-25(17-24-15-21(3)14-22(4)30(24)28)32-31-27(12-13-35-32)26-11-10-23(19-33(5,6)7)16-29(26)34(31,8)9;1-5-10(6-2)12(14)9-13(15)11(7-3)8-4;/h10-16,18,20H,19H2,1-9H3;9-11,14H,5-8H2,1-4H3;/q-1;;/b;12-9-;. The van der Waals surface area contributed by atoms with Gasteiger partial charge in [0.05, 0.1) is 5.76 Å². The molecule has 4 aromatic rings. The van der Waals surface area contributed by atoms with Gasteiger partial charge in [0.2, 0.25) is 0 Å². The number of hydrogen-bond acceptors (Lipinski definition) is 3. The van der Waals surface area contributed by atoms with Crippen molar-refractivity contribution in [3.8, 4) is 22.4 Å². The second kappa shape index (κ2) is 17.2. The van der Waals surface area contributed by atoms with Crippen LogP contribution in [0, 0.1) is 37.2 Å². The van der Waals surface area contributed by atoms with E-state index in [-0.39, 0.29) is 54.3 Å². The second-order valence-electron chi connectivity index (χ2n) is 16.6. The monoisotopic (exact) mass is 865 g/mol. The number of benzene rings is 3. The van der Waals surface area contributed by atoms with E-state index < -0.39 is 0 Å². The van der Waals surface area contributed by atoms with Crippen LogP contribution >= 0.6 is 0 Å². The van der Waals surface area contributed by atoms with Gasteiger partial charge in [0.15, 0.2) is 5.78 Å². The Morgan fingerprint density at radius 3 is 2.10 bits per heavy atom. The van der Waals surface area contributed by atoms with E-state index in [9.17, 15) is 9.90 Å². The third kappa shape index (κ3) is 9.30. The van der Waals surface area contributed by atoms with Crippen molar-refractivity contribution in [2.75, 3.05) is 0 Å². The Morgan fingerprint density at radius 2 is 1.53 bits per heavy atom. The maximum atomic E-state index is 11.7. The van der Waals surface area contributed by atoms with E-state index in [0.717, 1.165) is 43.4 Å². The zero-order valence-corrected chi connectivity index (χ0v) is 36.0. The first kappa shape index (κ1) is 42.3. The molecule has 0 bridgehead atoms. The quantitative estimate of drug-likeness (QED) is 0.0981. The molecule has 277 valence electrons. The van der Waals surface area contributed by atoms with Gasteiger partial charge in [-0.1, -0.05) is 123 Å². The number of aryl methyl sites for hydroxylation is 2. The summed E-state index contributed by atoms with van der Waals surface area (Å²) in [6.07, 6.45) is 7.97. The number of allylic oxidation sites excluding steroid dienone is 2. The number of fused-ring (bicyclic) bond motifs is 4.